The number of rotatable bonds is 4. The maximum atomic E-state index is 13.0. The minimum atomic E-state index is -0.492. The summed E-state index contributed by atoms with van der Waals surface area (Å²) in [6.45, 7) is 3.97. The highest BCUT2D eigenvalue weighted by Crippen LogP contribution is 2.11. The molecule has 0 aliphatic heterocycles. The number of halogens is 1. The highest BCUT2D eigenvalue weighted by molar-refractivity contribution is 5.95. The average molecular weight is 224 g/mol. The Bertz CT molecular complexity index is 359. The predicted molar refractivity (Wildman–Crippen MR) is 62.6 cm³/mol. The molecule has 1 aromatic carbocycles. The average Bonchev–Trinajstić information content (AvgIpc) is 2.16. The van der Waals surface area contributed by atoms with Crippen molar-refractivity contribution >= 4 is 11.6 Å². The van der Waals surface area contributed by atoms with E-state index in [4.69, 9.17) is 5.73 Å². The van der Waals surface area contributed by atoms with Gasteiger partial charge in [0.15, 0.2) is 0 Å². The monoisotopic (exact) mass is 224 g/mol. The molecule has 1 rings (SSSR count). The summed E-state index contributed by atoms with van der Waals surface area (Å²) in [5, 5.41) is 2.79. The molecule has 1 atom stereocenters. The Morgan fingerprint density at radius 1 is 1.50 bits per heavy atom. The van der Waals surface area contributed by atoms with Gasteiger partial charge in [-0.1, -0.05) is 13.3 Å². The van der Waals surface area contributed by atoms with Crippen molar-refractivity contribution in [2.45, 2.75) is 32.7 Å². The van der Waals surface area contributed by atoms with Crippen LogP contribution in [0.25, 0.3) is 0 Å². The van der Waals surface area contributed by atoms with Crippen LogP contribution in [0.1, 0.15) is 37.0 Å². The Morgan fingerprint density at radius 2 is 2.19 bits per heavy atom. The van der Waals surface area contributed by atoms with Gasteiger partial charge in [-0.05, 0) is 31.5 Å². The predicted octanol–water partition coefficient (Wildman–Crippen LogP) is 2.33. The Kier molecular flexibility index (Phi) is 4.28. The molecular weight excluding hydrogens is 207 g/mol. The van der Waals surface area contributed by atoms with Gasteiger partial charge in [0.1, 0.15) is 5.82 Å². The van der Waals surface area contributed by atoms with E-state index in [2.05, 4.69) is 5.32 Å². The molecule has 0 saturated heterocycles. The summed E-state index contributed by atoms with van der Waals surface area (Å²) < 4.78 is 13.0. The van der Waals surface area contributed by atoms with Crippen molar-refractivity contribution in [3.8, 4) is 0 Å². The summed E-state index contributed by atoms with van der Waals surface area (Å²) in [5.41, 5.74) is 5.99. The zero-order valence-electron chi connectivity index (χ0n) is 9.59. The van der Waals surface area contributed by atoms with Gasteiger partial charge in [-0.25, -0.2) is 4.39 Å². The van der Waals surface area contributed by atoms with Crippen LogP contribution in [-0.4, -0.2) is 11.9 Å². The molecule has 4 heteroatoms. The summed E-state index contributed by atoms with van der Waals surface area (Å²) in [6.07, 6.45) is 1.89. The van der Waals surface area contributed by atoms with E-state index >= 15 is 0 Å². The quantitative estimate of drug-likeness (QED) is 0.771. The van der Waals surface area contributed by atoms with Crippen LogP contribution in [0.3, 0.4) is 0 Å². The number of nitrogens with two attached hydrogens (primary N) is 1. The lowest BCUT2D eigenvalue weighted by molar-refractivity contribution is 0.0938. The lowest BCUT2D eigenvalue weighted by Gasteiger charge is -2.12. The first-order valence-electron chi connectivity index (χ1n) is 5.40. The molecule has 16 heavy (non-hydrogen) atoms. The number of carbonyl (C=O) groups is 1. The normalized spacial score (nSPS) is 12.2. The van der Waals surface area contributed by atoms with Gasteiger partial charge in [0, 0.05) is 17.3 Å². The van der Waals surface area contributed by atoms with E-state index in [1.54, 1.807) is 0 Å². The molecule has 1 aromatic rings. The zero-order chi connectivity index (χ0) is 12.1. The van der Waals surface area contributed by atoms with Crippen molar-refractivity contribution in [1.29, 1.82) is 0 Å². The van der Waals surface area contributed by atoms with Crippen molar-refractivity contribution in [1.82, 2.24) is 5.32 Å². The molecule has 0 bridgehead atoms. The molecule has 0 aliphatic carbocycles. The summed E-state index contributed by atoms with van der Waals surface area (Å²) in [5.74, 6) is -0.777. The van der Waals surface area contributed by atoms with Crippen molar-refractivity contribution in [2.24, 2.45) is 0 Å². The molecular formula is C12H17FN2O. The lowest BCUT2D eigenvalue weighted by atomic mass is 10.1. The number of nitrogens with one attached hydrogen (secondary N) is 1. The number of anilines is 1. The topological polar surface area (TPSA) is 55.1 Å². The maximum Gasteiger partial charge on any atom is 0.251 e. The summed E-state index contributed by atoms with van der Waals surface area (Å²) in [4.78, 5) is 11.7. The second-order valence-electron chi connectivity index (χ2n) is 3.94. The van der Waals surface area contributed by atoms with E-state index in [0.29, 0.717) is 0 Å². The van der Waals surface area contributed by atoms with E-state index < -0.39 is 5.82 Å². The van der Waals surface area contributed by atoms with Gasteiger partial charge < -0.3 is 11.1 Å². The Hall–Kier alpha value is -1.58. The molecule has 0 saturated carbocycles. The van der Waals surface area contributed by atoms with Crippen molar-refractivity contribution in [3.05, 3.63) is 29.6 Å². The SMILES string of the molecule is CCCC(C)NC(=O)c1cc(N)cc(F)c1. The van der Waals surface area contributed by atoms with Crippen LogP contribution in [0.5, 0.6) is 0 Å². The fourth-order valence-corrected chi connectivity index (χ4v) is 1.56. The van der Waals surface area contributed by atoms with E-state index in [-0.39, 0.29) is 23.2 Å². The maximum absolute atomic E-state index is 13.0. The molecule has 0 aliphatic rings. The van der Waals surface area contributed by atoms with Crippen LogP contribution in [0.4, 0.5) is 10.1 Å². The Morgan fingerprint density at radius 3 is 2.75 bits per heavy atom. The number of carbonyl (C=O) groups excluding carboxylic acids is 1. The van der Waals surface area contributed by atoms with Gasteiger partial charge in [0.05, 0.1) is 0 Å². The van der Waals surface area contributed by atoms with E-state index in [1.165, 1.54) is 18.2 Å². The molecule has 0 spiro atoms. The highest BCUT2D eigenvalue weighted by atomic mass is 19.1. The first kappa shape index (κ1) is 12.5. The molecule has 1 unspecified atom stereocenters. The minimum absolute atomic E-state index is 0.0852. The van der Waals surface area contributed by atoms with Gasteiger partial charge in [0.2, 0.25) is 0 Å². The number of hydrogen-bond donors (Lipinski definition) is 2. The second-order valence-corrected chi connectivity index (χ2v) is 3.94. The van der Waals surface area contributed by atoms with Crippen molar-refractivity contribution in [2.75, 3.05) is 5.73 Å². The van der Waals surface area contributed by atoms with E-state index in [1.807, 2.05) is 13.8 Å². The van der Waals surface area contributed by atoms with Crippen LogP contribution in [0, 0.1) is 5.82 Å². The molecule has 0 fully saturated rings. The van der Waals surface area contributed by atoms with Crippen LogP contribution < -0.4 is 11.1 Å². The fraction of sp³-hybridized carbons (Fsp3) is 0.417. The molecule has 3 nitrogen and oxygen atoms in total. The molecule has 0 radical (unpaired) electrons. The first-order valence-corrected chi connectivity index (χ1v) is 5.40. The summed E-state index contributed by atoms with van der Waals surface area (Å²) in [7, 11) is 0. The Balaban J connectivity index is 2.72. The van der Waals surface area contributed by atoms with Gasteiger partial charge in [-0.3, -0.25) is 4.79 Å². The standard InChI is InChI=1S/C12H17FN2O/c1-3-4-8(2)15-12(16)9-5-10(13)7-11(14)6-9/h5-8H,3-4,14H2,1-2H3,(H,15,16). The largest absolute Gasteiger partial charge is 0.399 e. The van der Waals surface area contributed by atoms with Crippen molar-refractivity contribution in [3.63, 3.8) is 0 Å². The summed E-state index contributed by atoms with van der Waals surface area (Å²) >= 11 is 0. The molecule has 3 N–H and O–H groups in total. The Labute approximate surface area is 94.8 Å². The highest BCUT2D eigenvalue weighted by Gasteiger charge is 2.10. The van der Waals surface area contributed by atoms with Crippen LogP contribution in [-0.2, 0) is 0 Å². The van der Waals surface area contributed by atoms with Gasteiger partial charge in [-0.15, -0.1) is 0 Å². The van der Waals surface area contributed by atoms with E-state index in [0.717, 1.165) is 12.8 Å². The second kappa shape index (κ2) is 5.49. The smallest absolute Gasteiger partial charge is 0.251 e. The third-order valence-electron chi connectivity index (χ3n) is 2.28. The first-order chi connectivity index (χ1) is 7.52. The van der Waals surface area contributed by atoms with Crippen LogP contribution in [0.15, 0.2) is 18.2 Å². The van der Waals surface area contributed by atoms with Crippen LogP contribution in [0.2, 0.25) is 0 Å². The third-order valence-corrected chi connectivity index (χ3v) is 2.28. The fourth-order valence-electron chi connectivity index (χ4n) is 1.56. The van der Waals surface area contributed by atoms with Gasteiger partial charge >= 0.3 is 0 Å². The number of benzene rings is 1. The number of hydrogen-bond acceptors (Lipinski definition) is 2. The molecule has 0 aromatic heterocycles. The summed E-state index contributed by atoms with van der Waals surface area (Å²) in [6, 6.07) is 3.93. The van der Waals surface area contributed by atoms with Gasteiger partial charge in [-0.2, -0.15) is 0 Å². The molecule has 88 valence electrons. The number of nitrogen functional groups attached to an aromatic ring is 1. The van der Waals surface area contributed by atoms with E-state index in [9.17, 15) is 9.18 Å². The van der Waals surface area contributed by atoms with Crippen LogP contribution >= 0.6 is 0 Å². The van der Waals surface area contributed by atoms with Crippen molar-refractivity contribution < 1.29 is 9.18 Å². The number of amides is 1. The minimum Gasteiger partial charge on any atom is -0.399 e. The molecule has 0 heterocycles. The lowest BCUT2D eigenvalue weighted by Crippen LogP contribution is -2.32. The third kappa shape index (κ3) is 3.53. The van der Waals surface area contributed by atoms with Gasteiger partial charge in [0.25, 0.3) is 5.91 Å². The zero-order valence-corrected chi connectivity index (χ0v) is 9.59. The molecule has 1 amide bonds.